The summed E-state index contributed by atoms with van der Waals surface area (Å²) in [5.74, 6) is 0. The van der Waals surface area contributed by atoms with Gasteiger partial charge in [0.15, 0.2) is 5.58 Å². The molecule has 0 unspecified atom stereocenters. The fourth-order valence-electron chi connectivity index (χ4n) is 1.72. The van der Waals surface area contributed by atoms with Gasteiger partial charge in [0.25, 0.3) is 0 Å². The summed E-state index contributed by atoms with van der Waals surface area (Å²) in [5.41, 5.74) is 2.83. The number of aromatic nitrogens is 1. The third-order valence-electron chi connectivity index (χ3n) is 2.48. The zero-order valence-corrected chi connectivity index (χ0v) is 10.5. The topological polar surface area (TPSA) is 26.0 Å². The van der Waals surface area contributed by atoms with Crippen LogP contribution in [0, 0.1) is 3.57 Å². The van der Waals surface area contributed by atoms with Crippen LogP contribution in [0.4, 0.5) is 0 Å². The van der Waals surface area contributed by atoms with Gasteiger partial charge >= 0.3 is 0 Å². The Kier molecular flexibility index (Phi) is 2.40. The average Bonchev–Trinajstić information content (AvgIpc) is 2.73. The van der Waals surface area contributed by atoms with Gasteiger partial charge < -0.3 is 4.52 Å². The lowest BCUT2D eigenvalue weighted by molar-refractivity contribution is 0.459. The van der Waals surface area contributed by atoms with Crippen LogP contribution in [0.5, 0.6) is 0 Å². The molecule has 0 atom stereocenters. The summed E-state index contributed by atoms with van der Waals surface area (Å²) in [6.07, 6.45) is 0. The maximum Gasteiger partial charge on any atom is 0.168 e. The van der Waals surface area contributed by atoms with Crippen LogP contribution in [0.2, 0.25) is 0 Å². The Morgan fingerprint density at radius 3 is 2.62 bits per heavy atom. The molecule has 3 heteroatoms. The largest absolute Gasteiger partial charge is 0.356 e. The van der Waals surface area contributed by atoms with E-state index < -0.39 is 0 Å². The highest BCUT2D eigenvalue weighted by Crippen LogP contribution is 2.28. The van der Waals surface area contributed by atoms with Gasteiger partial charge in [-0.2, -0.15) is 0 Å². The van der Waals surface area contributed by atoms with Crippen molar-refractivity contribution in [1.29, 1.82) is 0 Å². The molecule has 16 heavy (non-hydrogen) atoms. The molecule has 0 amide bonds. The van der Waals surface area contributed by atoms with Gasteiger partial charge in [-0.05, 0) is 40.8 Å². The first-order valence-corrected chi connectivity index (χ1v) is 6.03. The number of benzene rings is 2. The molecule has 1 aromatic heterocycles. The van der Waals surface area contributed by atoms with E-state index in [4.69, 9.17) is 4.52 Å². The van der Waals surface area contributed by atoms with E-state index in [1.54, 1.807) is 0 Å². The maximum absolute atomic E-state index is 5.33. The molecule has 0 spiro atoms. The number of hydrogen-bond donors (Lipinski definition) is 0. The number of nitrogens with zero attached hydrogens (tertiary/aromatic N) is 1. The molecule has 0 bridgehead atoms. The van der Waals surface area contributed by atoms with Gasteiger partial charge in [-0.3, -0.25) is 0 Å². The zero-order valence-electron chi connectivity index (χ0n) is 8.35. The summed E-state index contributed by atoms with van der Waals surface area (Å²) in [4.78, 5) is 0. The quantitative estimate of drug-likeness (QED) is 0.631. The smallest absolute Gasteiger partial charge is 0.168 e. The number of hydrogen-bond acceptors (Lipinski definition) is 2. The third kappa shape index (κ3) is 1.61. The molecule has 0 saturated carbocycles. The summed E-state index contributed by atoms with van der Waals surface area (Å²) < 4.78 is 6.48. The lowest BCUT2D eigenvalue weighted by Crippen LogP contribution is -1.77. The third-order valence-corrected chi connectivity index (χ3v) is 3.15. The highest BCUT2D eigenvalue weighted by Gasteiger charge is 2.09. The van der Waals surface area contributed by atoms with Crippen molar-refractivity contribution in [1.82, 2.24) is 5.16 Å². The van der Waals surface area contributed by atoms with Gasteiger partial charge in [-0.25, -0.2) is 0 Å². The molecule has 0 aliphatic heterocycles. The number of fused-ring (bicyclic) bond motifs is 1. The average molecular weight is 321 g/mol. The van der Waals surface area contributed by atoms with Crippen molar-refractivity contribution in [3.63, 3.8) is 0 Å². The van der Waals surface area contributed by atoms with Crippen LogP contribution in [0.3, 0.4) is 0 Å². The predicted molar refractivity (Wildman–Crippen MR) is 72.2 cm³/mol. The molecule has 0 N–H and O–H groups in total. The maximum atomic E-state index is 5.33. The highest BCUT2D eigenvalue weighted by atomic mass is 127. The highest BCUT2D eigenvalue weighted by molar-refractivity contribution is 14.1. The summed E-state index contributed by atoms with van der Waals surface area (Å²) >= 11 is 2.26. The Morgan fingerprint density at radius 2 is 1.81 bits per heavy atom. The second-order valence-electron chi connectivity index (χ2n) is 3.54. The Balaban J connectivity index is 2.26. The van der Waals surface area contributed by atoms with Crippen molar-refractivity contribution in [3.8, 4) is 11.3 Å². The van der Waals surface area contributed by atoms with Gasteiger partial charge in [-0.15, -0.1) is 0 Å². The second-order valence-corrected chi connectivity index (χ2v) is 4.78. The lowest BCUT2D eigenvalue weighted by atomic mass is 10.1. The molecule has 2 nitrogen and oxygen atoms in total. The van der Waals surface area contributed by atoms with Crippen molar-refractivity contribution >= 4 is 33.6 Å². The molecule has 1 heterocycles. The Labute approximate surface area is 106 Å². The minimum atomic E-state index is 0.839. The van der Waals surface area contributed by atoms with Crippen LogP contribution in [-0.4, -0.2) is 5.16 Å². The Morgan fingerprint density at radius 1 is 1.00 bits per heavy atom. The molecule has 0 aliphatic rings. The molecule has 0 saturated heterocycles. The monoisotopic (exact) mass is 321 g/mol. The van der Waals surface area contributed by atoms with Crippen molar-refractivity contribution in [2.45, 2.75) is 0 Å². The molecule has 3 rings (SSSR count). The van der Waals surface area contributed by atoms with Crippen LogP contribution < -0.4 is 0 Å². The second kappa shape index (κ2) is 3.90. The zero-order chi connectivity index (χ0) is 11.0. The molecular formula is C13H8INO. The number of halogens is 1. The summed E-state index contributed by atoms with van der Waals surface area (Å²) in [5, 5.41) is 5.19. The van der Waals surface area contributed by atoms with Crippen molar-refractivity contribution in [3.05, 3.63) is 52.1 Å². The van der Waals surface area contributed by atoms with Gasteiger partial charge in [0.1, 0.15) is 5.69 Å². The van der Waals surface area contributed by atoms with Crippen LogP contribution >= 0.6 is 22.6 Å². The van der Waals surface area contributed by atoms with Crippen LogP contribution in [0.1, 0.15) is 0 Å². The van der Waals surface area contributed by atoms with E-state index >= 15 is 0 Å². The van der Waals surface area contributed by atoms with E-state index in [0.717, 1.165) is 25.8 Å². The van der Waals surface area contributed by atoms with Crippen LogP contribution in [-0.2, 0) is 0 Å². The van der Waals surface area contributed by atoms with Crippen molar-refractivity contribution in [2.75, 3.05) is 0 Å². The Bertz CT molecular complexity index is 631. The summed E-state index contributed by atoms with van der Waals surface area (Å²) in [7, 11) is 0. The molecule has 0 radical (unpaired) electrons. The van der Waals surface area contributed by atoms with E-state index in [1.807, 2.05) is 36.4 Å². The SMILES string of the molecule is Ic1ccc2c(-c3ccccc3)noc2c1. The molecule has 0 aliphatic carbocycles. The standard InChI is InChI=1S/C13H8INO/c14-10-6-7-11-12(8-10)16-15-13(11)9-4-2-1-3-5-9/h1-8H. The van der Waals surface area contributed by atoms with Crippen molar-refractivity contribution in [2.24, 2.45) is 0 Å². The molecule has 2 aromatic carbocycles. The minimum absolute atomic E-state index is 0.839. The van der Waals surface area contributed by atoms with E-state index in [1.165, 1.54) is 0 Å². The van der Waals surface area contributed by atoms with Gasteiger partial charge in [0.2, 0.25) is 0 Å². The molecule has 3 aromatic rings. The first-order chi connectivity index (χ1) is 7.84. The number of rotatable bonds is 1. The summed E-state index contributed by atoms with van der Waals surface area (Å²) in [6.45, 7) is 0. The minimum Gasteiger partial charge on any atom is -0.356 e. The Hall–Kier alpha value is -1.36. The van der Waals surface area contributed by atoms with Crippen molar-refractivity contribution < 1.29 is 4.52 Å². The lowest BCUT2D eigenvalue weighted by Gasteiger charge is -1.95. The predicted octanol–water partition coefficient (Wildman–Crippen LogP) is 4.10. The van der Waals surface area contributed by atoms with Gasteiger partial charge in [0.05, 0.1) is 0 Å². The first-order valence-electron chi connectivity index (χ1n) is 4.95. The fraction of sp³-hybridized carbons (Fsp3) is 0. The van der Waals surface area contributed by atoms with Gasteiger partial charge in [-0.1, -0.05) is 35.5 Å². The van der Waals surface area contributed by atoms with E-state index in [9.17, 15) is 0 Å². The summed E-state index contributed by atoms with van der Waals surface area (Å²) in [6, 6.07) is 16.2. The van der Waals surface area contributed by atoms with Gasteiger partial charge in [0, 0.05) is 14.5 Å². The fourth-order valence-corrected chi connectivity index (χ4v) is 2.18. The van der Waals surface area contributed by atoms with Crippen LogP contribution in [0.25, 0.3) is 22.2 Å². The van der Waals surface area contributed by atoms with E-state index in [2.05, 4.69) is 39.9 Å². The first kappa shape index (κ1) is 9.84. The normalized spacial score (nSPS) is 10.8. The van der Waals surface area contributed by atoms with E-state index in [0.29, 0.717) is 0 Å². The van der Waals surface area contributed by atoms with Crippen LogP contribution in [0.15, 0.2) is 53.1 Å². The van der Waals surface area contributed by atoms with E-state index in [-0.39, 0.29) is 0 Å². The molecule has 78 valence electrons. The molecule has 0 fully saturated rings. The molecular weight excluding hydrogens is 313 g/mol.